The molecule has 0 saturated carbocycles. The van der Waals surface area contributed by atoms with Crippen molar-refractivity contribution in [2.75, 3.05) is 12.4 Å². The zero-order chi connectivity index (χ0) is 15.4. The zero-order valence-corrected chi connectivity index (χ0v) is 11.8. The van der Waals surface area contributed by atoms with E-state index in [4.69, 9.17) is 11.6 Å². The highest BCUT2D eigenvalue weighted by Crippen LogP contribution is 2.22. The summed E-state index contributed by atoms with van der Waals surface area (Å²) in [7, 11) is 1.23. The van der Waals surface area contributed by atoms with E-state index in [0.717, 1.165) is 0 Å². The van der Waals surface area contributed by atoms with Crippen LogP contribution >= 0.6 is 11.6 Å². The SMILES string of the molecule is COC(=O)c1cc(NC(=O)c2ccccc2F)ccc1Cl. The van der Waals surface area contributed by atoms with E-state index in [2.05, 4.69) is 10.1 Å². The molecule has 6 heteroatoms. The molecule has 2 aromatic carbocycles. The monoisotopic (exact) mass is 307 g/mol. The van der Waals surface area contributed by atoms with Crippen LogP contribution in [0.3, 0.4) is 0 Å². The highest BCUT2D eigenvalue weighted by atomic mass is 35.5. The Kier molecular flexibility index (Phi) is 4.55. The van der Waals surface area contributed by atoms with Crippen molar-refractivity contribution in [3.8, 4) is 0 Å². The van der Waals surface area contributed by atoms with Gasteiger partial charge in [-0.2, -0.15) is 0 Å². The van der Waals surface area contributed by atoms with Crippen LogP contribution in [0.1, 0.15) is 20.7 Å². The van der Waals surface area contributed by atoms with Crippen LogP contribution in [-0.4, -0.2) is 19.0 Å². The lowest BCUT2D eigenvalue weighted by Gasteiger charge is -2.08. The van der Waals surface area contributed by atoms with Crippen molar-refractivity contribution >= 4 is 29.2 Å². The minimum absolute atomic E-state index is 0.0907. The lowest BCUT2D eigenvalue weighted by atomic mass is 10.1. The van der Waals surface area contributed by atoms with Crippen LogP contribution in [0, 0.1) is 5.82 Å². The Bertz CT molecular complexity index is 703. The summed E-state index contributed by atoms with van der Waals surface area (Å²) >= 11 is 5.88. The molecule has 0 aliphatic rings. The number of halogens is 2. The van der Waals surface area contributed by atoms with E-state index >= 15 is 0 Å². The Morgan fingerprint density at radius 2 is 1.86 bits per heavy atom. The van der Waals surface area contributed by atoms with Gasteiger partial charge in [0.1, 0.15) is 5.82 Å². The maximum absolute atomic E-state index is 13.5. The molecule has 108 valence electrons. The lowest BCUT2D eigenvalue weighted by Crippen LogP contribution is -2.14. The summed E-state index contributed by atoms with van der Waals surface area (Å²) in [5.41, 5.74) is 0.339. The summed E-state index contributed by atoms with van der Waals surface area (Å²) in [6, 6.07) is 9.92. The van der Waals surface area contributed by atoms with Gasteiger partial charge in [-0.25, -0.2) is 9.18 Å². The molecule has 0 heterocycles. The van der Waals surface area contributed by atoms with Crippen LogP contribution in [0.5, 0.6) is 0 Å². The van der Waals surface area contributed by atoms with Crippen molar-refractivity contribution in [2.24, 2.45) is 0 Å². The molecule has 0 aliphatic heterocycles. The Morgan fingerprint density at radius 1 is 1.14 bits per heavy atom. The zero-order valence-electron chi connectivity index (χ0n) is 11.0. The first-order valence-corrected chi connectivity index (χ1v) is 6.34. The van der Waals surface area contributed by atoms with Gasteiger partial charge in [0.15, 0.2) is 0 Å². The Morgan fingerprint density at radius 3 is 2.52 bits per heavy atom. The van der Waals surface area contributed by atoms with Crippen LogP contribution in [0.4, 0.5) is 10.1 Å². The first-order valence-electron chi connectivity index (χ1n) is 5.96. The topological polar surface area (TPSA) is 55.4 Å². The molecule has 0 aliphatic carbocycles. The van der Waals surface area contributed by atoms with E-state index in [0.29, 0.717) is 5.69 Å². The maximum Gasteiger partial charge on any atom is 0.339 e. The first-order chi connectivity index (χ1) is 10.0. The van der Waals surface area contributed by atoms with E-state index in [-0.39, 0.29) is 16.1 Å². The number of benzene rings is 2. The predicted molar refractivity (Wildman–Crippen MR) is 77.1 cm³/mol. The molecular weight excluding hydrogens is 297 g/mol. The van der Waals surface area contributed by atoms with E-state index in [9.17, 15) is 14.0 Å². The molecule has 0 saturated heterocycles. The van der Waals surface area contributed by atoms with Gasteiger partial charge in [-0.3, -0.25) is 4.79 Å². The Hall–Kier alpha value is -2.40. The van der Waals surface area contributed by atoms with E-state index < -0.39 is 17.7 Å². The number of rotatable bonds is 3. The van der Waals surface area contributed by atoms with E-state index in [1.54, 1.807) is 6.07 Å². The molecule has 0 spiro atoms. The third kappa shape index (κ3) is 3.38. The highest BCUT2D eigenvalue weighted by Gasteiger charge is 2.14. The number of carbonyl (C=O) groups is 2. The minimum Gasteiger partial charge on any atom is -0.465 e. The number of esters is 1. The number of carbonyl (C=O) groups excluding carboxylic acids is 2. The molecule has 21 heavy (non-hydrogen) atoms. The van der Waals surface area contributed by atoms with E-state index in [1.165, 1.54) is 43.5 Å². The number of hydrogen-bond donors (Lipinski definition) is 1. The second-order valence-electron chi connectivity index (χ2n) is 4.12. The number of amides is 1. The van der Waals surface area contributed by atoms with Gasteiger partial charge in [-0.1, -0.05) is 23.7 Å². The molecule has 2 rings (SSSR count). The smallest absolute Gasteiger partial charge is 0.339 e. The molecule has 2 aromatic rings. The van der Waals surface area contributed by atoms with Gasteiger partial charge >= 0.3 is 5.97 Å². The van der Waals surface area contributed by atoms with Crippen LogP contribution in [0.25, 0.3) is 0 Å². The molecule has 1 amide bonds. The van der Waals surface area contributed by atoms with E-state index in [1.807, 2.05) is 0 Å². The molecular formula is C15H11ClFNO3. The molecule has 0 unspecified atom stereocenters. The first kappa shape index (κ1) is 15.0. The number of anilines is 1. The normalized spacial score (nSPS) is 10.0. The van der Waals surface area contributed by atoms with Crippen molar-refractivity contribution in [1.29, 1.82) is 0 Å². The summed E-state index contributed by atoms with van der Waals surface area (Å²) in [5.74, 6) is -1.87. The Labute approximate surface area is 125 Å². The summed E-state index contributed by atoms with van der Waals surface area (Å²) in [4.78, 5) is 23.5. The van der Waals surface area contributed by atoms with Gasteiger partial charge in [0.05, 0.1) is 23.3 Å². The van der Waals surface area contributed by atoms with Gasteiger partial charge in [0.25, 0.3) is 5.91 Å². The van der Waals surface area contributed by atoms with Gasteiger partial charge in [0.2, 0.25) is 0 Å². The third-order valence-electron chi connectivity index (χ3n) is 2.75. The summed E-state index contributed by atoms with van der Waals surface area (Å²) in [6.45, 7) is 0. The molecule has 0 aromatic heterocycles. The number of methoxy groups -OCH3 is 1. The fraction of sp³-hybridized carbons (Fsp3) is 0.0667. The molecule has 0 fully saturated rings. The van der Waals surface area contributed by atoms with Crippen molar-refractivity contribution in [3.63, 3.8) is 0 Å². The number of ether oxygens (including phenoxy) is 1. The average Bonchev–Trinajstić information content (AvgIpc) is 2.48. The minimum atomic E-state index is -0.628. The number of hydrogen-bond acceptors (Lipinski definition) is 3. The van der Waals surface area contributed by atoms with Crippen LogP contribution < -0.4 is 5.32 Å². The predicted octanol–water partition coefficient (Wildman–Crippen LogP) is 3.52. The fourth-order valence-electron chi connectivity index (χ4n) is 1.71. The van der Waals surface area contributed by atoms with Gasteiger partial charge < -0.3 is 10.1 Å². The van der Waals surface area contributed by atoms with Crippen LogP contribution in [0.15, 0.2) is 42.5 Å². The summed E-state index contributed by atoms with van der Waals surface area (Å²) in [5, 5.41) is 2.70. The van der Waals surface area contributed by atoms with Gasteiger partial charge in [0, 0.05) is 5.69 Å². The van der Waals surface area contributed by atoms with Gasteiger partial charge in [-0.05, 0) is 30.3 Å². The average molecular weight is 308 g/mol. The number of nitrogens with one attached hydrogen (secondary N) is 1. The van der Waals surface area contributed by atoms with Crippen molar-refractivity contribution < 1.29 is 18.7 Å². The third-order valence-corrected chi connectivity index (χ3v) is 3.08. The van der Waals surface area contributed by atoms with Crippen molar-refractivity contribution in [2.45, 2.75) is 0 Å². The molecule has 0 atom stereocenters. The van der Waals surface area contributed by atoms with Crippen LogP contribution in [0.2, 0.25) is 5.02 Å². The quantitative estimate of drug-likeness (QED) is 0.883. The highest BCUT2D eigenvalue weighted by molar-refractivity contribution is 6.33. The summed E-state index contributed by atoms with van der Waals surface area (Å²) in [6.07, 6.45) is 0. The lowest BCUT2D eigenvalue weighted by molar-refractivity contribution is 0.0600. The Balaban J connectivity index is 2.26. The molecule has 4 nitrogen and oxygen atoms in total. The second kappa shape index (κ2) is 6.37. The molecule has 0 radical (unpaired) electrons. The second-order valence-corrected chi connectivity index (χ2v) is 4.53. The largest absolute Gasteiger partial charge is 0.465 e. The van der Waals surface area contributed by atoms with Crippen molar-refractivity contribution in [1.82, 2.24) is 0 Å². The standard InChI is InChI=1S/C15H11ClFNO3/c1-21-15(20)11-8-9(6-7-12(11)16)18-14(19)10-4-2-3-5-13(10)17/h2-8H,1H3,(H,18,19). The molecule has 1 N–H and O–H groups in total. The molecule has 0 bridgehead atoms. The van der Waals surface area contributed by atoms with Crippen molar-refractivity contribution in [3.05, 3.63) is 64.4 Å². The van der Waals surface area contributed by atoms with Gasteiger partial charge in [-0.15, -0.1) is 0 Å². The summed E-state index contributed by atoms with van der Waals surface area (Å²) < 4.78 is 18.1. The van der Waals surface area contributed by atoms with Crippen LogP contribution in [-0.2, 0) is 4.74 Å². The maximum atomic E-state index is 13.5. The fourth-order valence-corrected chi connectivity index (χ4v) is 1.91.